The molecule has 1 saturated carbocycles. The first-order chi connectivity index (χ1) is 8.67. The molecule has 0 aliphatic heterocycles. The highest BCUT2D eigenvalue weighted by Crippen LogP contribution is 2.22. The number of likely N-dealkylation sites (N-methyl/N-ethyl adjacent to an activating group) is 1. The van der Waals surface area contributed by atoms with Crippen LogP contribution in [-0.2, 0) is 4.79 Å². The first-order valence-electron chi connectivity index (χ1n) is 6.99. The smallest absolute Gasteiger partial charge is 0.321 e. The van der Waals surface area contributed by atoms with Gasteiger partial charge in [-0.1, -0.05) is 26.2 Å². The second-order valence-corrected chi connectivity index (χ2v) is 4.76. The van der Waals surface area contributed by atoms with Crippen molar-refractivity contribution in [1.29, 1.82) is 0 Å². The SMILES string of the molecule is CCNC(=O)NC(=O)CN(CC)C1CCCCC1. The number of carbonyl (C=O) groups excluding carboxylic acids is 2. The summed E-state index contributed by atoms with van der Waals surface area (Å²) in [6.45, 7) is 5.59. The van der Waals surface area contributed by atoms with Gasteiger partial charge in [-0.25, -0.2) is 4.79 Å². The molecule has 0 aromatic rings. The van der Waals surface area contributed by atoms with Crippen LogP contribution in [-0.4, -0.2) is 42.5 Å². The van der Waals surface area contributed by atoms with E-state index in [1.54, 1.807) is 0 Å². The normalized spacial score (nSPS) is 16.6. The van der Waals surface area contributed by atoms with Gasteiger partial charge in [0.1, 0.15) is 0 Å². The van der Waals surface area contributed by atoms with Crippen molar-refractivity contribution in [2.75, 3.05) is 19.6 Å². The number of carbonyl (C=O) groups is 2. The molecule has 5 nitrogen and oxygen atoms in total. The Balaban J connectivity index is 2.37. The van der Waals surface area contributed by atoms with Crippen LogP contribution in [0.25, 0.3) is 0 Å². The molecule has 0 unspecified atom stereocenters. The molecule has 1 aliphatic rings. The van der Waals surface area contributed by atoms with Crippen LogP contribution in [0.5, 0.6) is 0 Å². The van der Waals surface area contributed by atoms with Crippen molar-refractivity contribution in [2.45, 2.75) is 52.0 Å². The quantitative estimate of drug-likeness (QED) is 0.782. The first-order valence-corrected chi connectivity index (χ1v) is 6.99. The fourth-order valence-electron chi connectivity index (χ4n) is 2.50. The minimum Gasteiger partial charge on any atom is -0.338 e. The van der Waals surface area contributed by atoms with Crippen LogP contribution in [0.4, 0.5) is 4.79 Å². The molecule has 3 amide bonds. The molecule has 0 radical (unpaired) electrons. The summed E-state index contributed by atoms with van der Waals surface area (Å²) in [5.74, 6) is -0.214. The van der Waals surface area contributed by atoms with Crippen LogP contribution in [0.2, 0.25) is 0 Å². The maximum Gasteiger partial charge on any atom is 0.321 e. The molecular formula is C13H25N3O2. The Morgan fingerprint density at radius 1 is 1.17 bits per heavy atom. The Kier molecular flexibility index (Phi) is 6.72. The molecule has 1 aliphatic carbocycles. The largest absolute Gasteiger partial charge is 0.338 e. The molecule has 0 heterocycles. The van der Waals surface area contributed by atoms with Crippen molar-refractivity contribution in [2.24, 2.45) is 0 Å². The maximum atomic E-state index is 11.7. The minimum absolute atomic E-state index is 0.214. The number of nitrogens with zero attached hydrogens (tertiary/aromatic N) is 1. The number of rotatable bonds is 5. The Morgan fingerprint density at radius 3 is 2.39 bits per heavy atom. The summed E-state index contributed by atoms with van der Waals surface area (Å²) >= 11 is 0. The van der Waals surface area contributed by atoms with E-state index in [0.29, 0.717) is 19.1 Å². The van der Waals surface area contributed by atoms with E-state index in [1.165, 1.54) is 32.1 Å². The topological polar surface area (TPSA) is 61.4 Å². The van der Waals surface area contributed by atoms with E-state index in [-0.39, 0.29) is 5.91 Å². The standard InChI is InChI=1S/C13H25N3O2/c1-3-14-13(18)15-12(17)10-16(4-2)11-8-6-5-7-9-11/h11H,3-10H2,1-2H3,(H2,14,15,17,18). The van der Waals surface area contributed by atoms with Crippen LogP contribution in [0, 0.1) is 0 Å². The molecule has 0 atom stereocenters. The lowest BCUT2D eigenvalue weighted by Crippen LogP contribution is -2.47. The summed E-state index contributed by atoms with van der Waals surface area (Å²) in [7, 11) is 0. The average molecular weight is 255 g/mol. The van der Waals surface area contributed by atoms with Crippen molar-refractivity contribution < 1.29 is 9.59 Å². The van der Waals surface area contributed by atoms with Crippen LogP contribution in [0.15, 0.2) is 0 Å². The third-order valence-corrected chi connectivity index (χ3v) is 3.43. The maximum absolute atomic E-state index is 11.7. The van der Waals surface area contributed by atoms with E-state index < -0.39 is 6.03 Å². The van der Waals surface area contributed by atoms with Crippen LogP contribution >= 0.6 is 0 Å². The molecule has 0 aromatic heterocycles. The van der Waals surface area contributed by atoms with Crippen molar-refractivity contribution in [1.82, 2.24) is 15.5 Å². The zero-order valence-electron chi connectivity index (χ0n) is 11.5. The molecule has 5 heteroatoms. The Hall–Kier alpha value is -1.10. The molecule has 0 spiro atoms. The summed E-state index contributed by atoms with van der Waals surface area (Å²) in [4.78, 5) is 25.1. The summed E-state index contributed by atoms with van der Waals surface area (Å²) in [5.41, 5.74) is 0. The summed E-state index contributed by atoms with van der Waals surface area (Å²) in [6.07, 6.45) is 6.14. The first kappa shape index (κ1) is 15.0. The van der Waals surface area contributed by atoms with Crippen LogP contribution in [0.1, 0.15) is 46.0 Å². The van der Waals surface area contributed by atoms with Gasteiger partial charge in [0.05, 0.1) is 6.54 Å². The minimum atomic E-state index is -0.401. The van der Waals surface area contributed by atoms with Gasteiger partial charge in [-0.2, -0.15) is 0 Å². The van der Waals surface area contributed by atoms with Gasteiger partial charge in [-0.15, -0.1) is 0 Å². The van der Waals surface area contributed by atoms with Gasteiger partial charge in [0.2, 0.25) is 5.91 Å². The highest BCUT2D eigenvalue weighted by atomic mass is 16.2. The predicted molar refractivity (Wildman–Crippen MR) is 71.3 cm³/mol. The number of imide groups is 1. The molecular weight excluding hydrogens is 230 g/mol. The number of hydrogen-bond acceptors (Lipinski definition) is 3. The van der Waals surface area contributed by atoms with Crippen molar-refractivity contribution >= 4 is 11.9 Å². The second-order valence-electron chi connectivity index (χ2n) is 4.76. The molecule has 104 valence electrons. The van der Waals surface area contributed by atoms with Gasteiger partial charge in [0.15, 0.2) is 0 Å². The molecule has 0 bridgehead atoms. The average Bonchev–Trinajstić information content (AvgIpc) is 2.37. The van der Waals surface area contributed by atoms with Crippen molar-refractivity contribution in [3.05, 3.63) is 0 Å². The highest BCUT2D eigenvalue weighted by Gasteiger charge is 2.22. The summed E-state index contributed by atoms with van der Waals surface area (Å²) < 4.78 is 0. The molecule has 2 N–H and O–H groups in total. The lowest BCUT2D eigenvalue weighted by atomic mass is 9.94. The van der Waals surface area contributed by atoms with Gasteiger partial charge in [0, 0.05) is 12.6 Å². The van der Waals surface area contributed by atoms with E-state index in [4.69, 9.17) is 0 Å². The zero-order valence-corrected chi connectivity index (χ0v) is 11.5. The van der Waals surface area contributed by atoms with Crippen LogP contribution < -0.4 is 10.6 Å². The number of amides is 3. The van der Waals surface area contributed by atoms with Gasteiger partial charge in [0.25, 0.3) is 0 Å². The number of hydrogen-bond donors (Lipinski definition) is 2. The van der Waals surface area contributed by atoms with Crippen molar-refractivity contribution in [3.8, 4) is 0 Å². The van der Waals surface area contributed by atoms with E-state index in [2.05, 4.69) is 22.5 Å². The Labute approximate surface area is 109 Å². The van der Waals surface area contributed by atoms with E-state index in [9.17, 15) is 9.59 Å². The number of urea groups is 1. The fourth-order valence-corrected chi connectivity index (χ4v) is 2.50. The van der Waals surface area contributed by atoms with E-state index in [1.807, 2.05) is 6.92 Å². The zero-order chi connectivity index (χ0) is 13.4. The second kappa shape index (κ2) is 8.08. The Bertz CT molecular complexity index is 275. The molecule has 18 heavy (non-hydrogen) atoms. The van der Waals surface area contributed by atoms with E-state index in [0.717, 1.165) is 6.54 Å². The molecule has 1 rings (SSSR count). The van der Waals surface area contributed by atoms with Gasteiger partial charge < -0.3 is 5.32 Å². The number of nitrogens with one attached hydrogen (secondary N) is 2. The highest BCUT2D eigenvalue weighted by molar-refractivity contribution is 5.95. The van der Waals surface area contributed by atoms with Gasteiger partial charge >= 0.3 is 6.03 Å². The lowest BCUT2D eigenvalue weighted by molar-refractivity contribution is -0.121. The monoisotopic (exact) mass is 255 g/mol. The van der Waals surface area contributed by atoms with Gasteiger partial charge in [-0.3, -0.25) is 15.0 Å². The summed E-state index contributed by atoms with van der Waals surface area (Å²) in [5, 5.41) is 4.91. The van der Waals surface area contributed by atoms with E-state index >= 15 is 0 Å². The molecule has 0 aromatic carbocycles. The van der Waals surface area contributed by atoms with Gasteiger partial charge in [-0.05, 0) is 26.3 Å². The third kappa shape index (κ3) is 5.04. The van der Waals surface area contributed by atoms with Crippen molar-refractivity contribution in [3.63, 3.8) is 0 Å². The molecule has 1 fully saturated rings. The lowest BCUT2D eigenvalue weighted by Gasteiger charge is -2.32. The fraction of sp³-hybridized carbons (Fsp3) is 0.846. The molecule has 0 saturated heterocycles. The Morgan fingerprint density at radius 2 is 1.83 bits per heavy atom. The summed E-state index contributed by atoms with van der Waals surface area (Å²) in [6, 6.07) is 0.103. The predicted octanol–water partition coefficient (Wildman–Crippen LogP) is 1.49. The van der Waals surface area contributed by atoms with Crippen LogP contribution in [0.3, 0.4) is 0 Å². The third-order valence-electron chi connectivity index (χ3n) is 3.43.